The Morgan fingerprint density at radius 3 is 2.14 bits per heavy atom. The fourth-order valence-electron chi connectivity index (χ4n) is 2.47. The third-order valence-electron chi connectivity index (χ3n) is 3.69. The number of carboxylic acids is 1. The van der Waals surface area contributed by atoms with Crippen LogP contribution in [0.5, 0.6) is 5.75 Å². The van der Waals surface area contributed by atoms with Crippen LogP contribution >= 0.6 is 11.8 Å². The Labute approximate surface area is 169 Å². The molecule has 2 aromatic carbocycles. The number of carbonyl (C=O) groups is 2. The minimum absolute atomic E-state index is 0.556. The second-order valence-electron chi connectivity index (χ2n) is 7.09. The van der Waals surface area contributed by atoms with E-state index in [-0.39, 0.29) is 0 Å². The molecule has 2 atom stereocenters. The number of hydrogen-bond donors (Lipinski definition) is 2. The first kappa shape index (κ1) is 21.6. The van der Waals surface area contributed by atoms with Gasteiger partial charge in [0.25, 0.3) is 0 Å². The number of alkyl carbamates (subject to hydrolysis) is 1. The van der Waals surface area contributed by atoms with E-state index in [0.717, 1.165) is 10.5 Å². The molecule has 2 unspecified atom stereocenters. The molecule has 0 bridgehead atoms. The van der Waals surface area contributed by atoms with Gasteiger partial charge in [0.15, 0.2) is 0 Å². The number of nitrogens with one attached hydrogen (secondary N) is 1. The quantitative estimate of drug-likeness (QED) is 0.662. The second kappa shape index (κ2) is 9.50. The van der Waals surface area contributed by atoms with Crippen molar-refractivity contribution in [3.8, 4) is 5.75 Å². The fraction of sp³-hybridized carbons (Fsp3) is 0.333. The molecule has 0 saturated carbocycles. The first-order chi connectivity index (χ1) is 13.2. The van der Waals surface area contributed by atoms with Gasteiger partial charge < -0.3 is 19.9 Å². The Hall–Kier alpha value is -2.67. The van der Waals surface area contributed by atoms with Crippen LogP contribution in [0, 0.1) is 0 Å². The van der Waals surface area contributed by atoms with Gasteiger partial charge in [0.05, 0.1) is 12.4 Å². The average molecular weight is 404 g/mol. The third-order valence-corrected chi connectivity index (χ3v) is 5.03. The molecule has 2 aromatic rings. The molecule has 0 saturated heterocycles. The molecule has 0 heterocycles. The monoisotopic (exact) mass is 403 g/mol. The van der Waals surface area contributed by atoms with Crippen LogP contribution < -0.4 is 10.1 Å². The SMILES string of the molecule is COc1ccc(SC(c2ccccc2)C(NC(=O)OC(C)(C)C)C(=O)O)cc1. The average Bonchev–Trinajstić information content (AvgIpc) is 2.64. The van der Waals surface area contributed by atoms with Crippen molar-refractivity contribution in [3.63, 3.8) is 0 Å². The van der Waals surface area contributed by atoms with Crippen LogP contribution in [0.2, 0.25) is 0 Å². The van der Waals surface area contributed by atoms with Crippen molar-refractivity contribution in [2.24, 2.45) is 0 Å². The van der Waals surface area contributed by atoms with E-state index in [1.54, 1.807) is 40.0 Å². The highest BCUT2D eigenvalue weighted by Gasteiger charge is 2.33. The van der Waals surface area contributed by atoms with Crippen LogP contribution in [0.3, 0.4) is 0 Å². The van der Waals surface area contributed by atoms with Crippen molar-refractivity contribution in [2.75, 3.05) is 7.11 Å². The summed E-state index contributed by atoms with van der Waals surface area (Å²) in [6.07, 6.45) is -0.767. The lowest BCUT2D eigenvalue weighted by molar-refractivity contribution is -0.139. The molecular formula is C21H25NO5S. The number of aliphatic carboxylic acids is 1. The molecule has 28 heavy (non-hydrogen) atoms. The maximum absolute atomic E-state index is 12.2. The Kier molecular flexibility index (Phi) is 7.34. The molecule has 0 radical (unpaired) electrons. The molecule has 2 rings (SSSR count). The number of amides is 1. The highest BCUT2D eigenvalue weighted by Crippen LogP contribution is 2.38. The molecule has 0 aliphatic heterocycles. The number of carboxylic acid groups (broad SMARTS) is 1. The molecule has 150 valence electrons. The second-order valence-corrected chi connectivity index (χ2v) is 8.30. The van der Waals surface area contributed by atoms with Crippen LogP contribution in [0.15, 0.2) is 59.5 Å². The lowest BCUT2D eigenvalue weighted by Crippen LogP contribution is -2.46. The van der Waals surface area contributed by atoms with Gasteiger partial charge in [-0.05, 0) is 50.6 Å². The summed E-state index contributed by atoms with van der Waals surface area (Å²) in [5.74, 6) is -0.428. The largest absolute Gasteiger partial charge is 0.497 e. The molecule has 1 amide bonds. The van der Waals surface area contributed by atoms with Crippen molar-refractivity contribution < 1.29 is 24.2 Å². The van der Waals surface area contributed by atoms with Crippen LogP contribution in [-0.4, -0.2) is 35.9 Å². The summed E-state index contributed by atoms with van der Waals surface area (Å²) in [5.41, 5.74) is 0.0603. The number of methoxy groups -OCH3 is 1. The Balaban J connectivity index is 2.31. The Morgan fingerprint density at radius 1 is 1.04 bits per heavy atom. The first-order valence-corrected chi connectivity index (χ1v) is 9.65. The molecule has 0 aliphatic carbocycles. The van der Waals surface area contributed by atoms with Crippen LogP contribution in [0.1, 0.15) is 31.6 Å². The topological polar surface area (TPSA) is 84.9 Å². The smallest absolute Gasteiger partial charge is 0.408 e. The molecule has 2 N–H and O–H groups in total. The lowest BCUT2D eigenvalue weighted by Gasteiger charge is -2.27. The van der Waals surface area contributed by atoms with Crippen molar-refractivity contribution in [1.82, 2.24) is 5.32 Å². The van der Waals surface area contributed by atoms with E-state index in [0.29, 0.717) is 5.75 Å². The van der Waals surface area contributed by atoms with Gasteiger partial charge in [0.2, 0.25) is 0 Å². The summed E-state index contributed by atoms with van der Waals surface area (Å²) in [7, 11) is 1.58. The Bertz CT molecular complexity index is 787. The third kappa shape index (κ3) is 6.49. The van der Waals surface area contributed by atoms with Gasteiger partial charge in [0.1, 0.15) is 17.4 Å². The van der Waals surface area contributed by atoms with Crippen LogP contribution in [0.4, 0.5) is 4.79 Å². The zero-order valence-corrected chi connectivity index (χ0v) is 17.2. The van der Waals surface area contributed by atoms with E-state index < -0.39 is 29.0 Å². The van der Waals surface area contributed by atoms with Gasteiger partial charge in [-0.1, -0.05) is 30.3 Å². The van der Waals surface area contributed by atoms with E-state index in [1.807, 2.05) is 42.5 Å². The summed E-state index contributed by atoms with van der Waals surface area (Å²) < 4.78 is 10.4. The summed E-state index contributed by atoms with van der Waals surface area (Å²) in [6.45, 7) is 5.18. The maximum atomic E-state index is 12.2. The highest BCUT2D eigenvalue weighted by atomic mass is 32.2. The van der Waals surface area contributed by atoms with Crippen molar-refractivity contribution in [2.45, 2.75) is 42.6 Å². The summed E-state index contributed by atoms with van der Waals surface area (Å²) >= 11 is 1.35. The van der Waals surface area contributed by atoms with Gasteiger partial charge in [0, 0.05) is 4.90 Å². The van der Waals surface area contributed by atoms with E-state index in [9.17, 15) is 14.7 Å². The molecular weight excluding hydrogens is 378 g/mol. The lowest BCUT2D eigenvalue weighted by atomic mass is 10.1. The van der Waals surface area contributed by atoms with Gasteiger partial charge in [-0.15, -0.1) is 11.8 Å². The maximum Gasteiger partial charge on any atom is 0.408 e. The van der Waals surface area contributed by atoms with Crippen molar-refractivity contribution in [1.29, 1.82) is 0 Å². The summed E-state index contributed by atoms with van der Waals surface area (Å²) in [4.78, 5) is 25.1. The highest BCUT2D eigenvalue weighted by molar-refractivity contribution is 7.99. The van der Waals surface area contributed by atoms with Gasteiger partial charge in [-0.25, -0.2) is 9.59 Å². The van der Waals surface area contributed by atoms with Crippen molar-refractivity contribution >= 4 is 23.8 Å². The molecule has 0 fully saturated rings. The fourth-order valence-corrected chi connectivity index (χ4v) is 3.67. The van der Waals surface area contributed by atoms with Crippen LogP contribution in [-0.2, 0) is 9.53 Å². The van der Waals surface area contributed by atoms with Crippen molar-refractivity contribution in [3.05, 3.63) is 60.2 Å². The normalized spacial score (nSPS) is 13.3. The van der Waals surface area contributed by atoms with Gasteiger partial charge in [-0.3, -0.25) is 0 Å². The summed E-state index contributed by atoms with van der Waals surface area (Å²) in [5, 5.41) is 11.8. The number of benzene rings is 2. The summed E-state index contributed by atoms with van der Waals surface area (Å²) in [6, 6.07) is 15.4. The van der Waals surface area contributed by atoms with Gasteiger partial charge >= 0.3 is 12.1 Å². The van der Waals surface area contributed by atoms with Crippen LogP contribution in [0.25, 0.3) is 0 Å². The molecule has 0 aromatic heterocycles. The standard InChI is InChI=1S/C21H25NO5S/c1-21(2,3)27-20(25)22-17(19(23)24)18(14-8-6-5-7-9-14)28-16-12-10-15(26-4)11-13-16/h5-13,17-18H,1-4H3,(H,22,25)(H,23,24). The minimum Gasteiger partial charge on any atom is -0.497 e. The predicted molar refractivity (Wildman–Crippen MR) is 109 cm³/mol. The zero-order valence-electron chi connectivity index (χ0n) is 16.3. The van der Waals surface area contributed by atoms with E-state index in [4.69, 9.17) is 9.47 Å². The molecule has 6 nitrogen and oxygen atoms in total. The van der Waals surface area contributed by atoms with Gasteiger partial charge in [-0.2, -0.15) is 0 Å². The number of hydrogen-bond acceptors (Lipinski definition) is 5. The number of carbonyl (C=O) groups excluding carboxylic acids is 1. The number of ether oxygens (including phenoxy) is 2. The van der Waals surface area contributed by atoms with E-state index in [1.165, 1.54) is 11.8 Å². The molecule has 0 aliphatic rings. The minimum atomic E-state index is -1.18. The van der Waals surface area contributed by atoms with E-state index >= 15 is 0 Å². The Morgan fingerprint density at radius 2 is 1.64 bits per heavy atom. The van der Waals surface area contributed by atoms with E-state index in [2.05, 4.69) is 5.32 Å². The number of thioether (sulfide) groups is 1. The predicted octanol–water partition coefficient (Wildman–Crippen LogP) is 4.51. The zero-order chi connectivity index (χ0) is 20.7. The first-order valence-electron chi connectivity index (χ1n) is 8.77. The molecule has 7 heteroatoms. The number of rotatable bonds is 7. The molecule has 0 spiro atoms.